The van der Waals surface area contributed by atoms with Crippen molar-refractivity contribution in [2.75, 3.05) is 0 Å². The minimum Gasteiger partial charge on any atom is -0.337 e. The van der Waals surface area contributed by atoms with E-state index in [0.29, 0.717) is 30.9 Å². The summed E-state index contributed by atoms with van der Waals surface area (Å²) in [6.45, 7) is 0.268. The zero-order valence-corrected chi connectivity index (χ0v) is 12.3. The van der Waals surface area contributed by atoms with E-state index >= 15 is 0 Å². The average molecular weight is 312 g/mol. The van der Waals surface area contributed by atoms with Gasteiger partial charge in [-0.2, -0.15) is 0 Å². The summed E-state index contributed by atoms with van der Waals surface area (Å²) in [6, 6.07) is 0. The molecule has 0 atom stereocenters. The van der Waals surface area contributed by atoms with Crippen molar-refractivity contribution in [3.05, 3.63) is 34.6 Å². The van der Waals surface area contributed by atoms with E-state index in [-0.39, 0.29) is 25.3 Å². The molecule has 0 unspecified atom stereocenters. The Balaban J connectivity index is 1.73. The van der Waals surface area contributed by atoms with Crippen molar-refractivity contribution in [3.8, 4) is 0 Å². The maximum Gasteiger partial charge on any atom is 0.442 e. The number of aryl methyl sites for hydroxylation is 1. The molecule has 2 aromatic rings. The maximum atomic E-state index is 13.2. The van der Waals surface area contributed by atoms with Gasteiger partial charge in [0.2, 0.25) is 5.92 Å². The summed E-state index contributed by atoms with van der Waals surface area (Å²) < 4.78 is 34.4. The van der Waals surface area contributed by atoms with Crippen molar-refractivity contribution >= 4 is 0 Å². The van der Waals surface area contributed by atoms with E-state index < -0.39 is 11.7 Å². The molecule has 2 heterocycles. The summed E-state index contributed by atoms with van der Waals surface area (Å²) >= 11 is 0. The SMILES string of the molecule is Cn1ccnc1Cn1c(CC2CCC(F)(F)CC2)noc1=O. The third kappa shape index (κ3) is 3.10. The molecule has 2 aromatic heterocycles. The van der Waals surface area contributed by atoms with Gasteiger partial charge in [-0.15, -0.1) is 0 Å². The van der Waals surface area contributed by atoms with Crippen molar-refractivity contribution < 1.29 is 13.3 Å². The molecule has 0 radical (unpaired) electrons. The quantitative estimate of drug-likeness (QED) is 0.866. The van der Waals surface area contributed by atoms with Crippen LogP contribution in [0.5, 0.6) is 0 Å². The number of rotatable bonds is 4. The molecule has 8 heteroatoms. The standard InChI is InChI=1S/C14H18F2N4O2/c1-19-7-6-17-12(19)9-20-11(18-22-13(20)21)8-10-2-4-14(15,16)5-3-10/h6-7,10H,2-5,8-9H2,1H3. The molecule has 1 aliphatic rings. The van der Waals surface area contributed by atoms with E-state index in [1.807, 2.05) is 11.6 Å². The summed E-state index contributed by atoms with van der Waals surface area (Å²) in [7, 11) is 1.84. The molecule has 120 valence electrons. The van der Waals surface area contributed by atoms with Crippen LogP contribution >= 0.6 is 0 Å². The summed E-state index contributed by atoms with van der Waals surface area (Å²) in [5.74, 6) is -1.77. The van der Waals surface area contributed by atoms with Crippen LogP contribution in [0.25, 0.3) is 0 Å². The predicted octanol–water partition coefficient (Wildman–Crippen LogP) is 1.99. The molecule has 0 aromatic carbocycles. The molecule has 0 N–H and O–H groups in total. The fourth-order valence-corrected chi connectivity index (χ4v) is 2.85. The largest absolute Gasteiger partial charge is 0.442 e. The minimum atomic E-state index is -2.55. The van der Waals surface area contributed by atoms with Gasteiger partial charge in [-0.25, -0.2) is 18.6 Å². The Morgan fingerprint density at radius 1 is 1.36 bits per heavy atom. The fraction of sp³-hybridized carbons (Fsp3) is 0.643. The maximum absolute atomic E-state index is 13.2. The summed E-state index contributed by atoms with van der Waals surface area (Å²) in [5.41, 5.74) is 0. The molecule has 22 heavy (non-hydrogen) atoms. The van der Waals surface area contributed by atoms with Crippen LogP contribution in [0.1, 0.15) is 37.3 Å². The lowest BCUT2D eigenvalue weighted by atomic mass is 9.84. The second-order valence-electron chi connectivity index (χ2n) is 5.91. The number of alkyl halides is 2. The highest BCUT2D eigenvalue weighted by atomic mass is 19.3. The summed E-state index contributed by atoms with van der Waals surface area (Å²) in [5, 5.41) is 3.81. The second-order valence-corrected chi connectivity index (χ2v) is 5.91. The average Bonchev–Trinajstić information content (AvgIpc) is 3.02. The van der Waals surface area contributed by atoms with E-state index in [1.165, 1.54) is 4.57 Å². The van der Waals surface area contributed by atoms with Gasteiger partial charge in [0.15, 0.2) is 5.82 Å². The molecule has 0 amide bonds. The van der Waals surface area contributed by atoms with Crippen LogP contribution in [0, 0.1) is 5.92 Å². The number of hydrogen-bond acceptors (Lipinski definition) is 4. The smallest absolute Gasteiger partial charge is 0.337 e. The molecule has 6 nitrogen and oxygen atoms in total. The number of imidazole rings is 1. The Morgan fingerprint density at radius 3 is 2.73 bits per heavy atom. The second kappa shape index (κ2) is 5.66. The van der Waals surface area contributed by atoms with Crippen LogP contribution in [0.2, 0.25) is 0 Å². The molecule has 1 aliphatic carbocycles. The van der Waals surface area contributed by atoms with Gasteiger partial charge in [0, 0.05) is 38.7 Å². The van der Waals surface area contributed by atoms with Crippen LogP contribution < -0.4 is 5.76 Å². The fourth-order valence-electron chi connectivity index (χ4n) is 2.85. The van der Waals surface area contributed by atoms with Gasteiger partial charge in [0.05, 0.1) is 6.54 Å². The number of nitrogens with zero attached hydrogens (tertiary/aromatic N) is 4. The highest BCUT2D eigenvalue weighted by Crippen LogP contribution is 2.37. The lowest BCUT2D eigenvalue weighted by molar-refractivity contribution is -0.0459. The van der Waals surface area contributed by atoms with Crippen molar-refractivity contribution in [1.29, 1.82) is 0 Å². The molecular formula is C14H18F2N4O2. The molecule has 0 spiro atoms. The minimum absolute atomic E-state index is 0.0981. The lowest BCUT2D eigenvalue weighted by Crippen LogP contribution is -2.27. The highest BCUT2D eigenvalue weighted by Gasteiger charge is 2.35. The van der Waals surface area contributed by atoms with Crippen LogP contribution in [0.15, 0.2) is 21.7 Å². The molecule has 0 bridgehead atoms. The number of aromatic nitrogens is 4. The molecule has 3 rings (SSSR count). The molecule has 0 aliphatic heterocycles. The first-order chi connectivity index (χ1) is 10.4. The van der Waals surface area contributed by atoms with Gasteiger partial charge in [-0.3, -0.25) is 9.09 Å². The highest BCUT2D eigenvalue weighted by molar-refractivity contribution is 4.97. The number of halogens is 2. The normalized spacial score (nSPS) is 18.7. The van der Waals surface area contributed by atoms with Gasteiger partial charge in [0.25, 0.3) is 0 Å². The van der Waals surface area contributed by atoms with E-state index in [2.05, 4.69) is 10.1 Å². The third-order valence-corrected chi connectivity index (χ3v) is 4.29. The first kappa shape index (κ1) is 14.9. The Kier molecular flexibility index (Phi) is 3.84. The Hall–Kier alpha value is -1.99. The Bertz CT molecular complexity index is 694. The predicted molar refractivity (Wildman–Crippen MR) is 73.7 cm³/mol. The van der Waals surface area contributed by atoms with E-state index in [1.54, 1.807) is 12.4 Å². The summed E-state index contributed by atoms with van der Waals surface area (Å²) in [6.07, 6.45) is 4.60. The third-order valence-electron chi connectivity index (χ3n) is 4.29. The Morgan fingerprint density at radius 2 is 2.09 bits per heavy atom. The zero-order valence-electron chi connectivity index (χ0n) is 12.3. The molecular weight excluding hydrogens is 294 g/mol. The Labute approximate surface area is 125 Å². The van der Waals surface area contributed by atoms with Crippen LogP contribution in [-0.2, 0) is 20.0 Å². The lowest BCUT2D eigenvalue weighted by Gasteiger charge is -2.27. The first-order valence-corrected chi connectivity index (χ1v) is 7.34. The van der Waals surface area contributed by atoms with Crippen LogP contribution in [-0.4, -0.2) is 25.2 Å². The molecule has 1 fully saturated rings. The number of hydrogen-bond donors (Lipinski definition) is 0. The van der Waals surface area contributed by atoms with Gasteiger partial charge in [0.1, 0.15) is 5.82 Å². The van der Waals surface area contributed by atoms with Gasteiger partial charge in [-0.1, -0.05) is 5.16 Å². The molecule has 1 saturated carbocycles. The van der Waals surface area contributed by atoms with E-state index in [9.17, 15) is 13.6 Å². The monoisotopic (exact) mass is 312 g/mol. The van der Waals surface area contributed by atoms with Crippen LogP contribution in [0.4, 0.5) is 8.78 Å². The van der Waals surface area contributed by atoms with Crippen LogP contribution in [0.3, 0.4) is 0 Å². The van der Waals surface area contributed by atoms with Crippen molar-refractivity contribution in [3.63, 3.8) is 0 Å². The van der Waals surface area contributed by atoms with Gasteiger partial charge >= 0.3 is 5.76 Å². The summed E-state index contributed by atoms with van der Waals surface area (Å²) in [4.78, 5) is 16.0. The van der Waals surface area contributed by atoms with Crippen molar-refractivity contribution in [1.82, 2.24) is 19.3 Å². The van der Waals surface area contributed by atoms with Crippen molar-refractivity contribution in [2.45, 2.75) is 44.6 Å². The van der Waals surface area contributed by atoms with E-state index in [0.717, 1.165) is 0 Å². The first-order valence-electron chi connectivity index (χ1n) is 7.34. The van der Waals surface area contributed by atoms with Gasteiger partial charge in [-0.05, 0) is 18.8 Å². The zero-order chi connectivity index (χ0) is 15.7. The van der Waals surface area contributed by atoms with E-state index in [4.69, 9.17) is 4.52 Å². The van der Waals surface area contributed by atoms with Crippen molar-refractivity contribution in [2.24, 2.45) is 13.0 Å². The topological polar surface area (TPSA) is 65.8 Å². The molecule has 0 saturated heterocycles. The van der Waals surface area contributed by atoms with Gasteiger partial charge < -0.3 is 4.57 Å².